The predicted molar refractivity (Wildman–Crippen MR) is 74.0 cm³/mol. The molecule has 0 saturated carbocycles. The van der Waals surface area contributed by atoms with Crippen molar-refractivity contribution in [1.82, 2.24) is 0 Å². The van der Waals surface area contributed by atoms with E-state index in [0.717, 1.165) is 0 Å². The van der Waals surface area contributed by atoms with E-state index < -0.39 is 0 Å². The van der Waals surface area contributed by atoms with Crippen molar-refractivity contribution in [2.45, 2.75) is 0 Å². The van der Waals surface area contributed by atoms with Gasteiger partial charge in [0.1, 0.15) is 0 Å². The average molecular weight is 242 g/mol. The molecule has 0 spiro atoms. The fourth-order valence-electron chi connectivity index (χ4n) is 1.73. The predicted octanol–water partition coefficient (Wildman–Crippen LogP) is 1.25. The highest BCUT2D eigenvalue weighted by atomic mass is 16.1. The van der Waals surface area contributed by atoms with Gasteiger partial charge in [0.15, 0.2) is 5.78 Å². The number of nitrogens with two attached hydrogens (primary N) is 4. The summed E-state index contributed by atoms with van der Waals surface area (Å²) in [5.41, 5.74) is 25.2. The summed E-state index contributed by atoms with van der Waals surface area (Å²) in [6, 6.07) is 9.47. The SMILES string of the molecule is Nc1cc(N)cc(C(=O)c2cc(N)ccc2N)c1. The zero-order chi connectivity index (χ0) is 13.3. The van der Waals surface area contributed by atoms with E-state index in [-0.39, 0.29) is 5.78 Å². The molecule has 2 rings (SSSR count). The lowest BCUT2D eigenvalue weighted by molar-refractivity contribution is 0.103. The third-order valence-electron chi connectivity index (χ3n) is 2.56. The Bertz CT molecular complexity index is 602. The van der Waals surface area contributed by atoms with Crippen molar-refractivity contribution in [3.8, 4) is 0 Å². The van der Waals surface area contributed by atoms with E-state index in [1.807, 2.05) is 0 Å². The summed E-state index contributed by atoms with van der Waals surface area (Å²) < 4.78 is 0. The minimum Gasteiger partial charge on any atom is -0.399 e. The molecular weight excluding hydrogens is 228 g/mol. The lowest BCUT2D eigenvalue weighted by Gasteiger charge is -2.07. The average Bonchev–Trinajstić information content (AvgIpc) is 2.30. The Morgan fingerprint density at radius 2 is 1.39 bits per heavy atom. The van der Waals surface area contributed by atoms with Crippen molar-refractivity contribution in [1.29, 1.82) is 0 Å². The Kier molecular flexibility index (Phi) is 2.81. The monoisotopic (exact) mass is 242 g/mol. The van der Waals surface area contributed by atoms with Crippen LogP contribution in [0.2, 0.25) is 0 Å². The maximum atomic E-state index is 12.3. The molecule has 0 aliphatic heterocycles. The second kappa shape index (κ2) is 4.29. The molecule has 5 nitrogen and oxygen atoms in total. The summed E-state index contributed by atoms with van der Waals surface area (Å²) >= 11 is 0. The summed E-state index contributed by atoms with van der Waals surface area (Å²) in [5.74, 6) is -0.251. The molecule has 2 aromatic rings. The van der Waals surface area contributed by atoms with E-state index in [2.05, 4.69) is 0 Å². The van der Waals surface area contributed by atoms with Gasteiger partial charge >= 0.3 is 0 Å². The van der Waals surface area contributed by atoms with Crippen molar-refractivity contribution < 1.29 is 4.79 Å². The number of hydrogen-bond acceptors (Lipinski definition) is 5. The van der Waals surface area contributed by atoms with Gasteiger partial charge in [-0.25, -0.2) is 0 Å². The number of rotatable bonds is 2. The quantitative estimate of drug-likeness (QED) is 0.466. The molecule has 0 unspecified atom stereocenters. The first-order chi connectivity index (χ1) is 8.47. The van der Waals surface area contributed by atoms with E-state index in [1.54, 1.807) is 30.3 Å². The fourth-order valence-corrected chi connectivity index (χ4v) is 1.73. The van der Waals surface area contributed by atoms with Crippen LogP contribution in [0.1, 0.15) is 15.9 Å². The van der Waals surface area contributed by atoms with Gasteiger partial charge < -0.3 is 22.9 Å². The maximum Gasteiger partial charge on any atom is 0.195 e. The summed E-state index contributed by atoms with van der Waals surface area (Å²) in [4.78, 5) is 12.3. The smallest absolute Gasteiger partial charge is 0.195 e. The zero-order valence-electron chi connectivity index (χ0n) is 9.68. The Morgan fingerprint density at radius 3 is 2.00 bits per heavy atom. The first-order valence-corrected chi connectivity index (χ1v) is 5.33. The van der Waals surface area contributed by atoms with Crippen LogP contribution in [0.15, 0.2) is 36.4 Å². The first kappa shape index (κ1) is 11.8. The number of carbonyl (C=O) groups excluding carboxylic acids is 1. The Balaban J connectivity index is 2.51. The Labute approximate surface area is 104 Å². The number of benzene rings is 2. The first-order valence-electron chi connectivity index (χ1n) is 5.33. The van der Waals surface area contributed by atoms with Gasteiger partial charge in [-0.05, 0) is 36.4 Å². The van der Waals surface area contributed by atoms with Crippen LogP contribution in [0.25, 0.3) is 0 Å². The van der Waals surface area contributed by atoms with Crippen LogP contribution in [0.5, 0.6) is 0 Å². The fraction of sp³-hybridized carbons (Fsp3) is 0. The molecule has 8 N–H and O–H groups in total. The Hall–Kier alpha value is -2.69. The van der Waals surface area contributed by atoms with Crippen molar-refractivity contribution in [2.75, 3.05) is 22.9 Å². The molecule has 0 heterocycles. The molecule has 0 fully saturated rings. The van der Waals surface area contributed by atoms with Crippen LogP contribution >= 0.6 is 0 Å². The van der Waals surface area contributed by atoms with Gasteiger partial charge in [-0.15, -0.1) is 0 Å². The molecule has 0 aromatic heterocycles. The van der Waals surface area contributed by atoms with Gasteiger partial charge in [-0.1, -0.05) is 0 Å². The molecule has 18 heavy (non-hydrogen) atoms. The highest BCUT2D eigenvalue weighted by molar-refractivity contribution is 6.13. The molecule has 0 amide bonds. The highest BCUT2D eigenvalue weighted by Crippen LogP contribution is 2.22. The van der Waals surface area contributed by atoms with Crippen molar-refractivity contribution in [2.24, 2.45) is 0 Å². The minimum absolute atomic E-state index is 0.251. The molecule has 5 heteroatoms. The van der Waals surface area contributed by atoms with E-state index >= 15 is 0 Å². The second-order valence-electron chi connectivity index (χ2n) is 4.06. The van der Waals surface area contributed by atoms with Crippen LogP contribution in [0, 0.1) is 0 Å². The topological polar surface area (TPSA) is 121 Å². The normalized spacial score (nSPS) is 10.2. The van der Waals surface area contributed by atoms with Crippen LogP contribution in [0.4, 0.5) is 22.7 Å². The van der Waals surface area contributed by atoms with Gasteiger partial charge in [0.2, 0.25) is 0 Å². The van der Waals surface area contributed by atoms with Gasteiger partial charge in [0.25, 0.3) is 0 Å². The molecule has 0 aliphatic rings. The van der Waals surface area contributed by atoms with Crippen LogP contribution in [0.3, 0.4) is 0 Å². The van der Waals surface area contributed by atoms with E-state index in [1.165, 1.54) is 6.07 Å². The van der Waals surface area contributed by atoms with Crippen LogP contribution < -0.4 is 22.9 Å². The lowest BCUT2D eigenvalue weighted by atomic mass is 10.0. The number of carbonyl (C=O) groups is 1. The molecule has 0 saturated heterocycles. The van der Waals surface area contributed by atoms with Crippen LogP contribution in [-0.2, 0) is 0 Å². The molecule has 0 bridgehead atoms. The second-order valence-corrected chi connectivity index (χ2v) is 4.06. The van der Waals surface area contributed by atoms with Gasteiger partial charge in [0.05, 0.1) is 0 Å². The summed E-state index contributed by atoms with van der Waals surface area (Å²) in [6.07, 6.45) is 0. The van der Waals surface area contributed by atoms with Crippen LogP contribution in [-0.4, -0.2) is 5.78 Å². The number of ketones is 1. The maximum absolute atomic E-state index is 12.3. The molecular formula is C13H14N4O. The standard InChI is InChI=1S/C13H14N4O/c14-8-1-2-12(17)11(6-8)13(18)7-3-9(15)5-10(16)4-7/h1-6H,14-17H2. The van der Waals surface area contributed by atoms with E-state index in [0.29, 0.717) is 33.9 Å². The third-order valence-corrected chi connectivity index (χ3v) is 2.56. The third kappa shape index (κ3) is 2.20. The summed E-state index contributed by atoms with van der Waals surface area (Å²) in [6.45, 7) is 0. The molecule has 0 radical (unpaired) electrons. The minimum atomic E-state index is -0.251. The van der Waals surface area contributed by atoms with Crippen molar-refractivity contribution in [3.05, 3.63) is 47.5 Å². The van der Waals surface area contributed by atoms with E-state index in [9.17, 15) is 4.79 Å². The van der Waals surface area contributed by atoms with E-state index in [4.69, 9.17) is 22.9 Å². The van der Waals surface area contributed by atoms with Gasteiger partial charge in [-0.2, -0.15) is 0 Å². The summed E-state index contributed by atoms with van der Waals surface area (Å²) in [5, 5.41) is 0. The van der Waals surface area contributed by atoms with Crippen molar-refractivity contribution in [3.63, 3.8) is 0 Å². The molecule has 0 atom stereocenters. The number of hydrogen-bond donors (Lipinski definition) is 4. The molecule has 2 aromatic carbocycles. The largest absolute Gasteiger partial charge is 0.399 e. The Morgan fingerprint density at radius 1 is 0.778 bits per heavy atom. The van der Waals surface area contributed by atoms with Crippen molar-refractivity contribution >= 4 is 28.5 Å². The molecule has 92 valence electrons. The van der Waals surface area contributed by atoms with Gasteiger partial charge in [0, 0.05) is 33.9 Å². The lowest BCUT2D eigenvalue weighted by Crippen LogP contribution is -2.07. The number of anilines is 4. The van der Waals surface area contributed by atoms with Gasteiger partial charge in [-0.3, -0.25) is 4.79 Å². The molecule has 0 aliphatic carbocycles. The zero-order valence-corrected chi connectivity index (χ0v) is 9.68. The summed E-state index contributed by atoms with van der Waals surface area (Å²) in [7, 11) is 0. The highest BCUT2D eigenvalue weighted by Gasteiger charge is 2.13. The number of nitrogen functional groups attached to an aromatic ring is 4.